The summed E-state index contributed by atoms with van der Waals surface area (Å²) in [4.78, 5) is 11.6. The summed E-state index contributed by atoms with van der Waals surface area (Å²) in [6.45, 7) is 6.56. The molecule has 3 N–H and O–H groups in total. The van der Waals surface area contributed by atoms with Crippen LogP contribution in [0.3, 0.4) is 0 Å². The average molecular weight is 234 g/mol. The molecule has 0 saturated heterocycles. The number of hydrogen-bond acceptors (Lipinski definition) is 2. The van der Waals surface area contributed by atoms with Crippen LogP contribution in [0.4, 0.5) is 0 Å². The van der Waals surface area contributed by atoms with Gasteiger partial charge in [0.1, 0.15) is 0 Å². The Morgan fingerprint density at radius 1 is 1.41 bits per heavy atom. The molecule has 1 atom stereocenters. The molecule has 0 radical (unpaired) electrons. The minimum Gasteiger partial charge on any atom is -0.352 e. The highest BCUT2D eigenvalue weighted by Gasteiger charge is 2.06. The third-order valence-electron chi connectivity index (χ3n) is 2.88. The first-order valence-corrected chi connectivity index (χ1v) is 6.08. The second-order valence-corrected chi connectivity index (χ2v) is 4.63. The number of nitrogens with one attached hydrogen (secondary N) is 1. The summed E-state index contributed by atoms with van der Waals surface area (Å²) in [6, 6.07) is 6.39. The van der Waals surface area contributed by atoms with Crippen LogP contribution in [0.15, 0.2) is 18.2 Å². The van der Waals surface area contributed by atoms with Gasteiger partial charge in [-0.15, -0.1) is 0 Å². The number of rotatable bonds is 5. The normalized spacial score (nSPS) is 12.2. The Balaban J connectivity index is 2.47. The number of benzene rings is 1. The van der Waals surface area contributed by atoms with Gasteiger partial charge < -0.3 is 11.1 Å². The number of nitrogens with two attached hydrogens (primary N) is 1. The zero-order valence-corrected chi connectivity index (χ0v) is 10.9. The van der Waals surface area contributed by atoms with E-state index in [2.05, 4.69) is 37.4 Å². The molecule has 1 amide bonds. The van der Waals surface area contributed by atoms with E-state index in [4.69, 9.17) is 5.73 Å². The summed E-state index contributed by atoms with van der Waals surface area (Å²) in [6.07, 6.45) is 1.31. The van der Waals surface area contributed by atoms with E-state index < -0.39 is 0 Å². The molecule has 0 aliphatic heterocycles. The molecular formula is C14H22N2O. The van der Waals surface area contributed by atoms with Gasteiger partial charge in [0.2, 0.25) is 5.91 Å². The minimum atomic E-state index is 0.0571. The highest BCUT2D eigenvalue weighted by Crippen LogP contribution is 2.12. The van der Waals surface area contributed by atoms with E-state index in [-0.39, 0.29) is 11.9 Å². The second kappa shape index (κ2) is 6.40. The topological polar surface area (TPSA) is 55.1 Å². The highest BCUT2D eigenvalue weighted by molar-refractivity contribution is 5.76. The zero-order chi connectivity index (χ0) is 12.8. The molecular weight excluding hydrogens is 212 g/mol. The first-order valence-electron chi connectivity index (χ1n) is 6.08. The summed E-state index contributed by atoms with van der Waals surface area (Å²) >= 11 is 0. The largest absolute Gasteiger partial charge is 0.352 e. The number of carbonyl (C=O) groups excluding carboxylic acids is 1. The van der Waals surface area contributed by atoms with Crippen molar-refractivity contribution in [2.45, 2.75) is 39.7 Å². The van der Waals surface area contributed by atoms with E-state index in [0.29, 0.717) is 13.0 Å². The fourth-order valence-corrected chi connectivity index (χ4v) is 1.78. The Hall–Kier alpha value is -1.35. The lowest BCUT2D eigenvalue weighted by Gasteiger charge is -2.12. The molecule has 0 aliphatic rings. The number of carbonyl (C=O) groups is 1. The van der Waals surface area contributed by atoms with Crippen molar-refractivity contribution in [3.05, 3.63) is 34.9 Å². The maximum absolute atomic E-state index is 11.6. The van der Waals surface area contributed by atoms with E-state index in [1.807, 2.05) is 6.92 Å². The fraction of sp³-hybridized carbons (Fsp3) is 0.500. The maximum Gasteiger partial charge on any atom is 0.220 e. The summed E-state index contributed by atoms with van der Waals surface area (Å²) < 4.78 is 0. The van der Waals surface area contributed by atoms with Crippen LogP contribution < -0.4 is 11.1 Å². The van der Waals surface area contributed by atoms with Crippen LogP contribution in [0.1, 0.15) is 30.0 Å². The molecule has 1 aromatic rings. The molecule has 3 heteroatoms. The number of amides is 1. The SMILES string of the molecule is Cc1ccc(CCC(=O)NC(C)CN)c(C)c1. The quantitative estimate of drug-likeness (QED) is 0.814. The number of aryl methyl sites for hydroxylation is 3. The lowest BCUT2D eigenvalue weighted by Crippen LogP contribution is -2.37. The second-order valence-electron chi connectivity index (χ2n) is 4.63. The molecule has 1 unspecified atom stereocenters. The average Bonchev–Trinajstić information content (AvgIpc) is 2.27. The lowest BCUT2D eigenvalue weighted by molar-refractivity contribution is -0.121. The molecule has 0 heterocycles. The van der Waals surface area contributed by atoms with E-state index in [9.17, 15) is 4.79 Å². The predicted octanol–water partition coefficient (Wildman–Crippen LogP) is 1.70. The van der Waals surface area contributed by atoms with E-state index in [1.165, 1.54) is 16.7 Å². The molecule has 0 fully saturated rings. The molecule has 94 valence electrons. The Labute approximate surface area is 103 Å². The van der Waals surface area contributed by atoms with Crippen molar-refractivity contribution in [3.8, 4) is 0 Å². The Morgan fingerprint density at radius 3 is 2.71 bits per heavy atom. The number of hydrogen-bond donors (Lipinski definition) is 2. The van der Waals surface area contributed by atoms with Crippen LogP contribution in [-0.4, -0.2) is 18.5 Å². The first kappa shape index (κ1) is 13.7. The van der Waals surface area contributed by atoms with Crippen molar-refractivity contribution in [2.75, 3.05) is 6.54 Å². The molecule has 0 aromatic heterocycles. The molecule has 1 aromatic carbocycles. The van der Waals surface area contributed by atoms with Gasteiger partial charge in [0.05, 0.1) is 0 Å². The van der Waals surface area contributed by atoms with Gasteiger partial charge in [-0.3, -0.25) is 4.79 Å². The van der Waals surface area contributed by atoms with Crippen molar-refractivity contribution >= 4 is 5.91 Å². The fourth-order valence-electron chi connectivity index (χ4n) is 1.78. The van der Waals surface area contributed by atoms with Crippen molar-refractivity contribution in [3.63, 3.8) is 0 Å². The maximum atomic E-state index is 11.6. The zero-order valence-electron chi connectivity index (χ0n) is 10.9. The van der Waals surface area contributed by atoms with Crippen LogP contribution in [0.25, 0.3) is 0 Å². The predicted molar refractivity (Wildman–Crippen MR) is 70.9 cm³/mol. The Kier molecular flexibility index (Phi) is 5.16. The standard InChI is InChI=1S/C14H22N2O/c1-10-4-5-13(11(2)8-10)6-7-14(17)16-12(3)9-15/h4-5,8,12H,6-7,9,15H2,1-3H3,(H,16,17). The van der Waals surface area contributed by atoms with Gasteiger partial charge in [0.25, 0.3) is 0 Å². The van der Waals surface area contributed by atoms with Gasteiger partial charge in [0, 0.05) is 19.0 Å². The van der Waals surface area contributed by atoms with Crippen LogP contribution in [0, 0.1) is 13.8 Å². The minimum absolute atomic E-state index is 0.0571. The van der Waals surface area contributed by atoms with Crippen LogP contribution in [0.2, 0.25) is 0 Å². The molecule has 0 saturated carbocycles. The Morgan fingerprint density at radius 2 is 2.12 bits per heavy atom. The molecule has 1 rings (SSSR count). The third kappa shape index (κ3) is 4.57. The van der Waals surface area contributed by atoms with Gasteiger partial charge in [-0.1, -0.05) is 23.8 Å². The Bertz CT molecular complexity index is 388. The molecule has 17 heavy (non-hydrogen) atoms. The third-order valence-corrected chi connectivity index (χ3v) is 2.88. The van der Waals surface area contributed by atoms with Crippen LogP contribution >= 0.6 is 0 Å². The van der Waals surface area contributed by atoms with Gasteiger partial charge in [-0.2, -0.15) is 0 Å². The van der Waals surface area contributed by atoms with Crippen LogP contribution in [0.5, 0.6) is 0 Å². The summed E-state index contributed by atoms with van der Waals surface area (Å²) in [5.74, 6) is 0.0722. The first-order chi connectivity index (χ1) is 8.02. The van der Waals surface area contributed by atoms with Crippen molar-refractivity contribution in [1.82, 2.24) is 5.32 Å². The van der Waals surface area contributed by atoms with Crippen molar-refractivity contribution < 1.29 is 4.79 Å². The van der Waals surface area contributed by atoms with Gasteiger partial charge >= 0.3 is 0 Å². The lowest BCUT2D eigenvalue weighted by atomic mass is 10.0. The van der Waals surface area contributed by atoms with E-state index in [1.54, 1.807) is 0 Å². The van der Waals surface area contributed by atoms with Crippen molar-refractivity contribution in [1.29, 1.82) is 0 Å². The van der Waals surface area contributed by atoms with Gasteiger partial charge in [-0.05, 0) is 38.3 Å². The highest BCUT2D eigenvalue weighted by atomic mass is 16.1. The monoisotopic (exact) mass is 234 g/mol. The van der Waals surface area contributed by atoms with Gasteiger partial charge in [-0.25, -0.2) is 0 Å². The smallest absolute Gasteiger partial charge is 0.220 e. The summed E-state index contributed by atoms with van der Waals surface area (Å²) in [5.41, 5.74) is 9.21. The summed E-state index contributed by atoms with van der Waals surface area (Å²) in [5, 5.41) is 2.87. The van der Waals surface area contributed by atoms with Gasteiger partial charge in [0.15, 0.2) is 0 Å². The van der Waals surface area contributed by atoms with E-state index >= 15 is 0 Å². The summed E-state index contributed by atoms with van der Waals surface area (Å²) in [7, 11) is 0. The molecule has 3 nitrogen and oxygen atoms in total. The molecule has 0 spiro atoms. The molecule has 0 bridgehead atoms. The van der Waals surface area contributed by atoms with Crippen LogP contribution in [-0.2, 0) is 11.2 Å². The molecule has 0 aliphatic carbocycles. The van der Waals surface area contributed by atoms with E-state index in [0.717, 1.165) is 6.42 Å². The van der Waals surface area contributed by atoms with Crippen molar-refractivity contribution in [2.24, 2.45) is 5.73 Å².